The number of fused-ring (bicyclic) bond motifs is 2. The Morgan fingerprint density at radius 1 is 1.22 bits per heavy atom. The number of hydrogen-bond acceptors (Lipinski definition) is 2. The molecule has 0 atom stereocenters. The van der Waals surface area contributed by atoms with E-state index in [1.807, 2.05) is 12.1 Å². The van der Waals surface area contributed by atoms with Crippen LogP contribution in [0.3, 0.4) is 0 Å². The van der Waals surface area contributed by atoms with Crippen molar-refractivity contribution in [3.8, 4) is 0 Å². The van der Waals surface area contributed by atoms with Crippen molar-refractivity contribution in [2.24, 2.45) is 0 Å². The number of benzene rings is 1. The molecule has 1 aromatic carbocycles. The highest BCUT2D eigenvalue weighted by molar-refractivity contribution is 5.82. The lowest BCUT2D eigenvalue weighted by Crippen LogP contribution is -2.38. The number of H-pyrrole nitrogens is 1. The summed E-state index contributed by atoms with van der Waals surface area (Å²) in [5.74, 6) is 0.109. The van der Waals surface area contributed by atoms with Crippen molar-refractivity contribution in [2.45, 2.75) is 25.8 Å². The minimum atomic E-state index is 0.0173. The van der Waals surface area contributed by atoms with E-state index in [1.165, 1.54) is 17.2 Å². The number of aromatic nitrogens is 1. The lowest BCUT2D eigenvalue weighted by molar-refractivity contribution is -0.131. The molecule has 0 spiro atoms. The highest BCUT2D eigenvalue weighted by Gasteiger charge is 2.24. The fraction of sp³-hybridized carbons (Fsp3) is 0.263. The van der Waals surface area contributed by atoms with Gasteiger partial charge in [-0.05, 0) is 17.5 Å². The molecule has 4 heteroatoms. The van der Waals surface area contributed by atoms with Crippen LogP contribution >= 0.6 is 0 Å². The number of carbonyl (C=O) groups is 1. The summed E-state index contributed by atoms with van der Waals surface area (Å²) >= 11 is 0. The van der Waals surface area contributed by atoms with E-state index in [9.17, 15) is 9.59 Å². The number of rotatable bonds is 2. The van der Waals surface area contributed by atoms with E-state index in [2.05, 4.69) is 23.2 Å². The second-order valence-electron chi connectivity index (χ2n) is 6.22. The summed E-state index contributed by atoms with van der Waals surface area (Å²) in [7, 11) is 0. The highest BCUT2D eigenvalue weighted by atomic mass is 16.2. The van der Waals surface area contributed by atoms with E-state index in [4.69, 9.17) is 0 Å². The molecule has 116 valence electrons. The lowest BCUT2D eigenvalue weighted by atomic mass is 10.0. The van der Waals surface area contributed by atoms with Gasteiger partial charge in [0.25, 0.3) is 0 Å². The van der Waals surface area contributed by atoms with Gasteiger partial charge in [0, 0.05) is 42.9 Å². The van der Waals surface area contributed by atoms with Gasteiger partial charge in [-0.2, -0.15) is 0 Å². The molecule has 2 aliphatic rings. The molecule has 0 radical (unpaired) electrons. The van der Waals surface area contributed by atoms with Crippen molar-refractivity contribution in [3.63, 3.8) is 0 Å². The average Bonchev–Trinajstić information content (AvgIpc) is 2.97. The molecule has 0 unspecified atom stereocenters. The Kier molecular flexibility index (Phi) is 3.37. The molecule has 4 rings (SSSR count). The molecule has 1 amide bonds. The van der Waals surface area contributed by atoms with Crippen LogP contribution < -0.4 is 5.43 Å². The Bertz CT molecular complexity index is 864. The molecule has 2 heterocycles. The summed E-state index contributed by atoms with van der Waals surface area (Å²) in [4.78, 5) is 29.5. The third-order valence-electron chi connectivity index (χ3n) is 4.70. The van der Waals surface area contributed by atoms with E-state index in [-0.39, 0.29) is 11.3 Å². The molecule has 4 nitrogen and oxygen atoms in total. The van der Waals surface area contributed by atoms with E-state index in [1.54, 1.807) is 11.1 Å². The highest BCUT2D eigenvalue weighted by Crippen LogP contribution is 2.27. The van der Waals surface area contributed by atoms with Gasteiger partial charge in [0.2, 0.25) is 5.91 Å². The van der Waals surface area contributed by atoms with Crippen molar-refractivity contribution < 1.29 is 4.79 Å². The summed E-state index contributed by atoms with van der Waals surface area (Å²) < 4.78 is 0. The normalized spacial score (nSPS) is 15.8. The van der Waals surface area contributed by atoms with Gasteiger partial charge in [-0.15, -0.1) is 0 Å². The molecule has 0 saturated carbocycles. The summed E-state index contributed by atoms with van der Waals surface area (Å²) in [6.45, 7) is 1.09. The van der Waals surface area contributed by atoms with Gasteiger partial charge in [0.15, 0.2) is 5.43 Å². The van der Waals surface area contributed by atoms with Crippen LogP contribution in [-0.4, -0.2) is 22.3 Å². The average molecular weight is 306 g/mol. The van der Waals surface area contributed by atoms with Crippen LogP contribution in [0.2, 0.25) is 0 Å². The van der Waals surface area contributed by atoms with Crippen molar-refractivity contribution in [2.75, 3.05) is 6.54 Å². The van der Waals surface area contributed by atoms with Crippen LogP contribution in [0.15, 0.2) is 46.9 Å². The first-order valence-electron chi connectivity index (χ1n) is 7.95. The molecule has 1 N–H and O–H groups in total. The fourth-order valence-electron chi connectivity index (χ4n) is 3.45. The summed E-state index contributed by atoms with van der Waals surface area (Å²) in [6, 6.07) is 9.78. The summed E-state index contributed by atoms with van der Waals surface area (Å²) in [5.41, 5.74) is 5.38. The van der Waals surface area contributed by atoms with E-state index < -0.39 is 0 Å². The first kappa shape index (κ1) is 14.0. The van der Waals surface area contributed by atoms with Gasteiger partial charge < -0.3 is 9.88 Å². The van der Waals surface area contributed by atoms with Crippen molar-refractivity contribution in [1.82, 2.24) is 9.88 Å². The maximum absolute atomic E-state index is 12.6. The summed E-state index contributed by atoms with van der Waals surface area (Å²) in [5, 5.41) is 0. The zero-order chi connectivity index (χ0) is 15.8. The maximum Gasteiger partial charge on any atom is 0.226 e. The largest absolute Gasteiger partial charge is 0.364 e. The number of nitrogens with one attached hydrogen (secondary N) is 1. The Hall–Kier alpha value is -2.62. The number of nitrogens with zero attached hydrogens (tertiary/aromatic N) is 1. The standard InChI is InChI=1S/C19H18N2O2/c22-18-5-7-20-17-6-8-21(12-16(17)18)19(23)11-13-9-14-3-1-2-4-15(14)10-13/h1-5,7,9H,6,8,10-12H2,(H,20,22). The second kappa shape index (κ2) is 5.54. The quantitative estimate of drug-likeness (QED) is 0.925. The predicted octanol–water partition coefficient (Wildman–Crippen LogP) is 2.29. The van der Waals surface area contributed by atoms with Gasteiger partial charge in [0.05, 0.1) is 6.54 Å². The molecule has 1 aliphatic heterocycles. The number of aromatic amines is 1. The Morgan fingerprint density at radius 3 is 2.96 bits per heavy atom. The molecule has 1 aliphatic carbocycles. The molecule has 23 heavy (non-hydrogen) atoms. The number of amides is 1. The van der Waals surface area contributed by atoms with Crippen LogP contribution in [0.25, 0.3) is 6.08 Å². The Morgan fingerprint density at radius 2 is 2.09 bits per heavy atom. The van der Waals surface area contributed by atoms with Crippen LogP contribution in [0.4, 0.5) is 0 Å². The molecule has 2 aromatic rings. The molecule has 1 aromatic heterocycles. The van der Waals surface area contributed by atoms with Gasteiger partial charge in [-0.25, -0.2) is 0 Å². The van der Waals surface area contributed by atoms with E-state index in [0.717, 1.165) is 29.7 Å². The maximum atomic E-state index is 12.6. The molecular formula is C19H18N2O2. The lowest BCUT2D eigenvalue weighted by Gasteiger charge is -2.28. The van der Waals surface area contributed by atoms with Crippen LogP contribution in [0.1, 0.15) is 28.8 Å². The zero-order valence-electron chi connectivity index (χ0n) is 12.8. The second-order valence-corrected chi connectivity index (χ2v) is 6.22. The van der Waals surface area contributed by atoms with Crippen LogP contribution in [0.5, 0.6) is 0 Å². The number of carbonyl (C=O) groups excluding carboxylic acids is 1. The zero-order valence-corrected chi connectivity index (χ0v) is 12.8. The molecule has 0 saturated heterocycles. The van der Waals surface area contributed by atoms with Crippen molar-refractivity contribution in [3.05, 3.63) is 74.7 Å². The van der Waals surface area contributed by atoms with E-state index >= 15 is 0 Å². The first-order chi connectivity index (χ1) is 11.2. The third kappa shape index (κ3) is 2.61. The van der Waals surface area contributed by atoms with Crippen molar-refractivity contribution in [1.29, 1.82) is 0 Å². The van der Waals surface area contributed by atoms with Gasteiger partial charge in [0.1, 0.15) is 0 Å². The molecular weight excluding hydrogens is 288 g/mol. The van der Waals surface area contributed by atoms with Crippen LogP contribution in [-0.2, 0) is 24.2 Å². The monoisotopic (exact) mass is 306 g/mol. The third-order valence-corrected chi connectivity index (χ3v) is 4.70. The number of pyridine rings is 1. The first-order valence-corrected chi connectivity index (χ1v) is 7.95. The van der Waals surface area contributed by atoms with E-state index in [0.29, 0.717) is 19.5 Å². The predicted molar refractivity (Wildman–Crippen MR) is 88.9 cm³/mol. The minimum Gasteiger partial charge on any atom is -0.364 e. The molecule has 0 fully saturated rings. The summed E-state index contributed by atoms with van der Waals surface area (Å²) in [6.07, 6.45) is 5.81. The van der Waals surface area contributed by atoms with Gasteiger partial charge in [-0.3, -0.25) is 9.59 Å². The van der Waals surface area contributed by atoms with Crippen LogP contribution in [0, 0.1) is 0 Å². The number of hydrogen-bond donors (Lipinski definition) is 1. The minimum absolute atomic E-state index is 0.0173. The fourth-order valence-corrected chi connectivity index (χ4v) is 3.45. The SMILES string of the molecule is O=C(CC1=Cc2ccccc2C1)N1CCc2[nH]ccc(=O)c2C1. The Balaban J connectivity index is 1.47. The Labute approximate surface area is 134 Å². The van der Waals surface area contributed by atoms with Gasteiger partial charge >= 0.3 is 0 Å². The molecule has 0 bridgehead atoms. The van der Waals surface area contributed by atoms with Crippen molar-refractivity contribution >= 4 is 12.0 Å². The smallest absolute Gasteiger partial charge is 0.226 e. The van der Waals surface area contributed by atoms with Gasteiger partial charge in [-0.1, -0.05) is 35.9 Å². The topological polar surface area (TPSA) is 53.2 Å².